The van der Waals surface area contributed by atoms with Crippen molar-refractivity contribution in [2.45, 2.75) is 11.8 Å². The summed E-state index contributed by atoms with van der Waals surface area (Å²) in [5.74, 6) is 0. The summed E-state index contributed by atoms with van der Waals surface area (Å²) in [5.41, 5.74) is 2.54. The molecule has 0 aliphatic carbocycles. The lowest BCUT2D eigenvalue weighted by Gasteiger charge is -2.29. The molecule has 0 bridgehead atoms. The summed E-state index contributed by atoms with van der Waals surface area (Å²) in [4.78, 5) is 2.53. The predicted octanol–water partition coefficient (Wildman–Crippen LogP) is 2.21. The van der Waals surface area contributed by atoms with Crippen molar-refractivity contribution in [1.29, 1.82) is 0 Å². The van der Waals surface area contributed by atoms with Crippen LogP contribution in [0.2, 0.25) is 0 Å². The van der Waals surface area contributed by atoms with Crippen LogP contribution in [-0.4, -0.2) is 34.6 Å². The molecule has 0 aromatic heterocycles. The van der Waals surface area contributed by atoms with Crippen molar-refractivity contribution in [3.63, 3.8) is 0 Å². The molecular weight excluding hydrogens is 310 g/mol. The molecule has 0 unspecified atom stereocenters. The fourth-order valence-corrected chi connectivity index (χ4v) is 3.84. The highest BCUT2D eigenvalue weighted by Crippen LogP contribution is 2.22. The fraction of sp³-hybridized carbons (Fsp3) is 0.294. The first-order valence-electron chi connectivity index (χ1n) is 7.70. The van der Waals surface area contributed by atoms with Crippen LogP contribution in [0.5, 0.6) is 0 Å². The molecule has 3 rings (SSSR count). The van der Waals surface area contributed by atoms with Crippen LogP contribution in [0.15, 0.2) is 53.4 Å². The van der Waals surface area contributed by atoms with E-state index in [1.54, 1.807) is 24.3 Å². The van der Waals surface area contributed by atoms with Crippen molar-refractivity contribution >= 4 is 21.4 Å². The molecule has 122 valence electrons. The topological polar surface area (TPSA) is 61.4 Å². The van der Waals surface area contributed by atoms with Crippen molar-refractivity contribution < 1.29 is 8.42 Å². The Balaban J connectivity index is 1.82. The largest absolute Gasteiger partial charge is 0.369 e. The van der Waals surface area contributed by atoms with E-state index in [0.717, 1.165) is 37.4 Å². The molecule has 2 aromatic carbocycles. The summed E-state index contributed by atoms with van der Waals surface area (Å²) in [5, 5.41) is 3.31. The van der Waals surface area contributed by atoms with Crippen LogP contribution in [0.1, 0.15) is 5.56 Å². The number of rotatable bonds is 4. The fourth-order valence-electron chi connectivity index (χ4n) is 2.69. The second kappa shape index (κ2) is 6.60. The Morgan fingerprint density at radius 3 is 2.52 bits per heavy atom. The molecule has 2 aromatic rings. The van der Waals surface area contributed by atoms with Gasteiger partial charge in [0.25, 0.3) is 10.0 Å². The maximum atomic E-state index is 12.5. The van der Waals surface area contributed by atoms with Gasteiger partial charge in [-0.2, -0.15) is 0 Å². The van der Waals surface area contributed by atoms with E-state index in [0.29, 0.717) is 5.69 Å². The van der Waals surface area contributed by atoms with E-state index in [4.69, 9.17) is 0 Å². The number of hydrogen-bond donors (Lipinski definition) is 2. The molecule has 5 nitrogen and oxygen atoms in total. The standard InChI is InChI=1S/C17H21N3O2S/c1-14-4-2-7-17(12-14)23(21,22)19-15-5-3-6-16(13-15)20-10-8-18-9-11-20/h2-7,12-13,18-19H,8-11H2,1H3. The van der Waals surface area contributed by atoms with E-state index in [1.807, 2.05) is 31.2 Å². The molecule has 0 atom stereocenters. The molecule has 1 aliphatic heterocycles. The number of nitrogens with one attached hydrogen (secondary N) is 2. The summed E-state index contributed by atoms with van der Waals surface area (Å²) in [6, 6.07) is 14.5. The first kappa shape index (κ1) is 15.8. The van der Waals surface area contributed by atoms with Gasteiger partial charge in [0.1, 0.15) is 0 Å². The Morgan fingerprint density at radius 2 is 1.78 bits per heavy atom. The molecule has 6 heteroatoms. The van der Waals surface area contributed by atoms with E-state index in [9.17, 15) is 8.42 Å². The third kappa shape index (κ3) is 3.83. The molecule has 23 heavy (non-hydrogen) atoms. The number of piperazine rings is 1. The molecule has 1 saturated heterocycles. The molecule has 0 amide bonds. The minimum absolute atomic E-state index is 0.282. The minimum atomic E-state index is -3.56. The highest BCUT2D eigenvalue weighted by atomic mass is 32.2. The number of nitrogens with zero attached hydrogens (tertiary/aromatic N) is 1. The summed E-state index contributed by atoms with van der Waals surface area (Å²) in [6.07, 6.45) is 0. The van der Waals surface area contributed by atoms with Crippen LogP contribution in [-0.2, 0) is 10.0 Å². The molecule has 2 N–H and O–H groups in total. The van der Waals surface area contributed by atoms with Gasteiger partial charge in [0.05, 0.1) is 10.6 Å². The van der Waals surface area contributed by atoms with Crippen molar-refractivity contribution in [3.8, 4) is 0 Å². The van der Waals surface area contributed by atoms with Gasteiger partial charge in [0.15, 0.2) is 0 Å². The van der Waals surface area contributed by atoms with Gasteiger partial charge in [-0.15, -0.1) is 0 Å². The van der Waals surface area contributed by atoms with Crippen LogP contribution in [0, 0.1) is 6.92 Å². The third-order valence-electron chi connectivity index (χ3n) is 3.88. The van der Waals surface area contributed by atoms with Crippen molar-refractivity contribution in [2.24, 2.45) is 0 Å². The number of benzene rings is 2. The lowest BCUT2D eigenvalue weighted by Crippen LogP contribution is -2.43. The van der Waals surface area contributed by atoms with Gasteiger partial charge in [-0.05, 0) is 42.8 Å². The van der Waals surface area contributed by atoms with Crippen molar-refractivity contribution in [1.82, 2.24) is 5.32 Å². The third-order valence-corrected chi connectivity index (χ3v) is 5.26. The SMILES string of the molecule is Cc1cccc(S(=O)(=O)Nc2cccc(N3CCNCC3)c2)c1. The summed E-state index contributed by atoms with van der Waals surface area (Å²) in [6.45, 7) is 5.62. The Bertz CT molecular complexity index is 784. The summed E-state index contributed by atoms with van der Waals surface area (Å²) in [7, 11) is -3.56. The molecule has 0 spiro atoms. The van der Waals surface area contributed by atoms with Crippen molar-refractivity contribution in [2.75, 3.05) is 35.8 Å². The maximum Gasteiger partial charge on any atom is 0.261 e. The molecular formula is C17H21N3O2S. The van der Waals surface area contributed by atoms with E-state index in [1.165, 1.54) is 0 Å². The zero-order chi connectivity index (χ0) is 16.3. The normalized spacial score (nSPS) is 15.4. The number of aryl methyl sites for hydroxylation is 1. The average Bonchev–Trinajstić information content (AvgIpc) is 2.55. The molecule has 0 saturated carbocycles. The Morgan fingerprint density at radius 1 is 1.04 bits per heavy atom. The van der Waals surface area contributed by atoms with Gasteiger partial charge in [0, 0.05) is 31.9 Å². The second-order valence-corrected chi connectivity index (χ2v) is 7.39. The smallest absolute Gasteiger partial charge is 0.261 e. The van der Waals surface area contributed by atoms with E-state index in [-0.39, 0.29) is 4.90 Å². The van der Waals surface area contributed by atoms with Gasteiger partial charge >= 0.3 is 0 Å². The Hall–Kier alpha value is -2.05. The number of hydrogen-bond acceptors (Lipinski definition) is 4. The van der Waals surface area contributed by atoms with E-state index < -0.39 is 10.0 Å². The van der Waals surface area contributed by atoms with Crippen LogP contribution >= 0.6 is 0 Å². The van der Waals surface area contributed by atoms with Gasteiger partial charge in [-0.3, -0.25) is 4.72 Å². The second-order valence-electron chi connectivity index (χ2n) is 5.71. The van der Waals surface area contributed by atoms with E-state index in [2.05, 4.69) is 14.9 Å². The molecule has 1 heterocycles. The van der Waals surface area contributed by atoms with Crippen LogP contribution in [0.3, 0.4) is 0 Å². The van der Waals surface area contributed by atoms with Crippen LogP contribution < -0.4 is 14.9 Å². The summed E-state index contributed by atoms with van der Waals surface area (Å²) >= 11 is 0. The first-order valence-corrected chi connectivity index (χ1v) is 9.18. The highest BCUT2D eigenvalue weighted by Gasteiger charge is 2.15. The van der Waals surface area contributed by atoms with Gasteiger partial charge in [0.2, 0.25) is 0 Å². The van der Waals surface area contributed by atoms with Gasteiger partial charge in [-0.25, -0.2) is 8.42 Å². The first-order chi connectivity index (χ1) is 11.0. The highest BCUT2D eigenvalue weighted by molar-refractivity contribution is 7.92. The zero-order valence-corrected chi connectivity index (χ0v) is 13.9. The number of sulfonamides is 1. The zero-order valence-electron chi connectivity index (χ0n) is 13.1. The van der Waals surface area contributed by atoms with Gasteiger partial charge in [-0.1, -0.05) is 18.2 Å². The minimum Gasteiger partial charge on any atom is -0.369 e. The summed E-state index contributed by atoms with van der Waals surface area (Å²) < 4.78 is 27.7. The monoisotopic (exact) mass is 331 g/mol. The van der Waals surface area contributed by atoms with E-state index >= 15 is 0 Å². The lowest BCUT2D eigenvalue weighted by molar-refractivity contribution is 0.589. The average molecular weight is 331 g/mol. The Kier molecular flexibility index (Phi) is 4.54. The van der Waals surface area contributed by atoms with Gasteiger partial charge < -0.3 is 10.2 Å². The van der Waals surface area contributed by atoms with Crippen LogP contribution in [0.25, 0.3) is 0 Å². The lowest BCUT2D eigenvalue weighted by atomic mass is 10.2. The maximum absolute atomic E-state index is 12.5. The molecule has 1 aliphatic rings. The quantitative estimate of drug-likeness (QED) is 0.902. The van der Waals surface area contributed by atoms with Crippen molar-refractivity contribution in [3.05, 3.63) is 54.1 Å². The number of anilines is 2. The molecule has 1 fully saturated rings. The molecule has 0 radical (unpaired) electrons. The predicted molar refractivity (Wildman–Crippen MR) is 93.5 cm³/mol. The Labute approximate surface area is 137 Å². The van der Waals surface area contributed by atoms with Crippen LogP contribution in [0.4, 0.5) is 11.4 Å².